The Morgan fingerprint density at radius 3 is 2.39 bits per heavy atom. The number of aromatic nitrogens is 2. The van der Waals surface area contributed by atoms with Crippen LogP contribution in [0.2, 0.25) is 0 Å². The maximum absolute atomic E-state index is 5.42. The lowest BCUT2D eigenvalue weighted by atomic mass is 10.1. The van der Waals surface area contributed by atoms with Gasteiger partial charge in [0.05, 0.1) is 0 Å². The number of hydrogen-bond acceptors (Lipinski definition) is 5. The summed E-state index contributed by atoms with van der Waals surface area (Å²) in [4.78, 5) is 0. The standard InChI is InChI=1S/C18H14N2O3/c1-12-19-20-18(23-12)15-7-4-13(5-8-15)2-3-14-6-9-16-17(10-14)22-11-21-16/h2-10H,11H2,1H3. The van der Waals surface area contributed by atoms with Gasteiger partial charge in [0.15, 0.2) is 11.5 Å². The van der Waals surface area contributed by atoms with Crippen molar-refractivity contribution >= 4 is 12.2 Å². The first-order valence-electron chi connectivity index (χ1n) is 7.26. The normalized spacial score (nSPS) is 12.9. The summed E-state index contributed by atoms with van der Waals surface area (Å²) in [5, 5.41) is 7.85. The predicted molar refractivity (Wildman–Crippen MR) is 86.0 cm³/mol. The molecule has 0 N–H and O–H groups in total. The third-order valence-electron chi connectivity index (χ3n) is 3.55. The molecule has 1 aliphatic rings. The van der Waals surface area contributed by atoms with E-state index in [4.69, 9.17) is 13.9 Å². The third-order valence-corrected chi connectivity index (χ3v) is 3.55. The number of fused-ring (bicyclic) bond motifs is 1. The van der Waals surface area contributed by atoms with Crippen LogP contribution in [-0.2, 0) is 0 Å². The van der Waals surface area contributed by atoms with Crippen LogP contribution in [0.1, 0.15) is 17.0 Å². The van der Waals surface area contributed by atoms with Gasteiger partial charge in [0.25, 0.3) is 0 Å². The summed E-state index contributed by atoms with van der Waals surface area (Å²) in [5.41, 5.74) is 3.05. The van der Waals surface area contributed by atoms with Gasteiger partial charge in [-0.1, -0.05) is 30.4 Å². The first kappa shape index (κ1) is 13.6. The molecule has 2 aromatic carbocycles. The Hall–Kier alpha value is -3.08. The summed E-state index contributed by atoms with van der Waals surface area (Å²) in [5.74, 6) is 2.68. The smallest absolute Gasteiger partial charge is 0.247 e. The molecular formula is C18H14N2O3. The second-order valence-corrected chi connectivity index (χ2v) is 5.19. The van der Waals surface area contributed by atoms with Crippen LogP contribution < -0.4 is 9.47 Å². The molecule has 1 aromatic heterocycles. The van der Waals surface area contributed by atoms with Crippen molar-refractivity contribution in [3.63, 3.8) is 0 Å². The van der Waals surface area contributed by atoms with Crippen molar-refractivity contribution in [2.24, 2.45) is 0 Å². The van der Waals surface area contributed by atoms with Crippen LogP contribution in [0.25, 0.3) is 23.6 Å². The van der Waals surface area contributed by atoms with Crippen molar-refractivity contribution in [1.29, 1.82) is 0 Å². The molecule has 1 aliphatic heterocycles. The fourth-order valence-electron chi connectivity index (χ4n) is 2.36. The van der Waals surface area contributed by atoms with Gasteiger partial charge in [-0.25, -0.2) is 0 Å². The summed E-state index contributed by atoms with van der Waals surface area (Å²) in [6.45, 7) is 2.07. The Kier molecular flexibility index (Phi) is 3.31. The van der Waals surface area contributed by atoms with E-state index in [0.717, 1.165) is 28.2 Å². The maximum Gasteiger partial charge on any atom is 0.247 e. The molecule has 5 nitrogen and oxygen atoms in total. The van der Waals surface area contributed by atoms with Crippen molar-refractivity contribution in [3.8, 4) is 23.0 Å². The SMILES string of the molecule is Cc1nnc(-c2ccc(C=Cc3ccc4c(c3)OCO4)cc2)o1. The lowest BCUT2D eigenvalue weighted by Crippen LogP contribution is -1.92. The van der Waals surface area contributed by atoms with E-state index in [-0.39, 0.29) is 0 Å². The average Bonchev–Trinajstić information content (AvgIpc) is 3.21. The van der Waals surface area contributed by atoms with Crippen molar-refractivity contribution in [2.75, 3.05) is 6.79 Å². The number of nitrogens with zero attached hydrogens (tertiary/aromatic N) is 2. The molecule has 3 aromatic rings. The minimum atomic E-state index is 0.291. The van der Waals surface area contributed by atoms with Crippen LogP contribution in [0.4, 0.5) is 0 Å². The van der Waals surface area contributed by atoms with E-state index in [1.807, 2.05) is 54.6 Å². The Labute approximate surface area is 133 Å². The molecule has 2 heterocycles. The largest absolute Gasteiger partial charge is 0.454 e. The molecule has 0 saturated carbocycles. The fraction of sp³-hybridized carbons (Fsp3) is 0.111. The lowest BCUT2D eigenvalue weighted by molar-refractivity contribution is 0.174. The number of ether oxygens (including phenoxy) is 2. The number of benzene rings is 2. The van der Waals surface area contributed by atoms with Crippen molar-refractivity contribution in [3.05, 3.63) is 59.5 Å². The van der Waals surface area contributed by atoms with Crippen LogP contribution in [-0.4, -0.2) is 17.0 Å². The summed E-state index contributed by atoms with van der Waals surface area (Å²) in [6, 6.07) is 13.8. The molecule has 0 unspecified atom stereocenters. The third kappa shape index (κ3) is 2.81. The minimum absolute atomic E-state index is 0.291. The first-order chi connectivity index (χ1) is 11.3. The molecule has 0 bridgehead atoms. The molecule has 23 heavy (non-hydrogen) atoms. The highest BCUT2D eigenvalue weighted by Gasteiger charge is 2.12. The molecule has 0 spiro atoms. The zero-order valence-corrected chi connectivity index (χ0v) is 12.5. The molecule has 0 saturated heterocycles. The van der Waals surface area contributed by atoms with E-state index in [2.05, 4.69) is 10.2 Å². The Balaban J connectivity index is 1.52. The molecule has 0 fully saturated rings. The number of hydrogen-bond donors (Lipinski definition) is 0. The fourth-order valence-corrected chi connectivity index (χ4v) is 2.36. The number of aryl methyl sites for hydroxylation is 1. The van der Waals surface area contributed by atoms with E-state index in [9.17, 15) is 0 Å². The van der Waals surface area contributed by atoms with Crippen LogP contribution in [0.5, 0.6) is 11.5 Å². The van der Waals surface area contributed by atoms with Gasteiger partial charge in [0.1, 0.15) is 0 Å². The number of rotatable bonds is 3. The van der Waals surface area contributed by atoms with Crippen molar-refractivity contribution < 1.29 is 13.9 Å². The molecular weight excluding hydrogens is 292 g/mol. The quantitative estimate of drug-likeness (QED) is 0.686. The maximum atomic E-state index is 5.42. The van der Waals surface area contributed by atoms with E-state index in [1.165, 1.54) is 0 Å². The summed E-state index contributed by atoms with van der Waals surface area (Å²) in [7, 11) is 0. The summed E-state index contributed by atoms with van der Waals surface area (Å²) < 4.78 is 16.1. The van der Waals surface area contributed by atoms with Crippen LogP contribution >= 0.6 is 0 Å². The van der Waals surface area contributed by atoms with Gasteiger partial charge < -0.3 is 13.9 Å². The molecule has 0 radical (unpaired) electrons. The Morgan fingerprint density at radius 2 is 1.61 bits per heavy atom. The van der Waals surface area contributed by atoms with Gasteiger partial charge in [-0.15, -0.1) is 10.2 Å². The van der Waals surface area contributed by atoms with Gasteiger partial charge in [-0.3, -0.25) is 0 Å². The molecule has 0 atom stereocenters. The highest BCUT2D eigenvalue weighted by atomic mass is 16.7. The second-order valence-electron chi connectivity index (χ2n) is 5.19. The molecule has 0 aliphatic carbocycles. The van der Waals surface area contributed by atoms with Gasteiger partial charge in [-0.2, -0.15) is 0 Å². The molecule has 4 rings (SSSR count). The second kappa shape index (κ2) is 5.61. The van der Waals surface area contributed by atoms with Gasteiger partial charge >= 0.3 is 0 Å². The summed E-state index contributed by atoms with van der Waals surface area (Å²) >= 11 is 0. The topological polar surface area (TPSA) is 57.4 Å². The van der Waals surface area contributed by atoms with Crippen LogP contribution in [0, 0.1) is 6.92 Å². The van der Waals surface area contributed by atoms with Crippen LogP contribution in [0.15, 0.2) is 46.9 Å². The van der Waals surface area contributed by atoms with E-state index < -0.39 is 0 Å². The Morgan fingerprint density at radius 1 is 0.870 bits per heavy atom. The minimum Gasteiger partial charge on any atom is -0.454 e. The highest BCUT2D eigenvalue weighted by molar-refractivity contribution is 5.72. The van der Waals surface area contributed by atoms with Gasteiger partial charge in [0.2, 0.25) is 18.6 Å². The Bertz CT molecular complexity index is 866. The molecule has 0 amide bonds. The van der Waals surface area contributed by atoms with E-state index >= 15 is 0 Å². The van der Waals surface area contributed by atoms with Crippen molar-refractivity contribution in [1.82, 2.24) is 10.2 Å². The lowest BCUT2D eigenvalue weighted by Gasteiger charge is -1.99. The van der Waals surface area contributed by atoms with Gasteiger partial charge in [-0.05, 0) is 35.4 Å². The highest BCUT2D eigenvalue weighted by Crippen LogP contribution is 2.33. The zero-order valence-electron chi connectivity index (χ0n) is 12.5. The average molecular weight is 306 g/mol. The predicted octanol–water partition coefficient (Wildman–Crippen LogP) is 3.94. The van der Waals surface area contributed by atoms with Gasteiger partial charge in [0, 0.05) is 12.5 Å². The monoisotopic (exact) mass is 306 g/mol. The molecule has 5 heteroatoms. The molecule has 114 valence electrons. The van der Waals surface area contributed by atoms with E-state index in [1.54, 1.807) is 6.92 Å². The van der Waals surface area contributed by atoms with Crippen molar-refractivity contribution in [2.45, 2.75) is 6.92 Å². The summed E-state index contributed by atoms with van der Waals surface area (Å²) in [6.07, 6.45) is 4.08. The van der Waals surface area contributed by atoms with Crippen LogP contribution in [0.3, 0.4) is 0 Å². The zero-order chi connectivity index (χ0) is 15.6. The first-order valence-corrected chi connectivity index (χ1v) is 7.26. The van der Waals surface area contributed by atoms with E-state index in [0.29, 0.717) is 18.6 Å².